The molecule has 1 aliphatic heterocycles. The standard InChI is InChI=1S/C22H23ClN4O2/c23-20-12-19(25-21-18(16-6-7-16)13-24-27(20)21)17-8-10-26(11-9-17)22(28)29-14-15-4-2-1-3-5-15/h1-5,12-13,16-17H,6-11,14H2. The van der Waals surface area contributed by atoms with Crippen LogP contribution >= 0.6 is 11.6 Å². The smallest absolute Gasteiger partial charge is 0.410 e. The van der Waals surface area contributed by atoms with Crippen molar-refractivity contribution in [1.29, 1.82) is 0 Å². The van der Waals surface area contributed by atoms with E-state index in [-0.39, 0.29) is 12.0 Å². The van der Waals surface area contributed by atoms with E-state index in [0.717, 1.165) is 29.7 Å². The third kappa shape index (κ3) is 3.81. The van der Waals surface area contributed by atoms with Crippen molar-refractivity contribution in [2.24, 2.45) is 0 Å². The summed E-state index contributed by atoms with van der Waals surface area (Å²) in [7, 11) is 0. The van der Waals surface area contributed by atoms with E-state index in [2.05, 4.69) is 5.10 Å². The van der Waals surface area contributed by atoms with Crippen LogP contribution in [0.25, 0.3) is 5.65 Å². The molecule has 3 aromatic rings. The molecule has 2 aromatic heterocycles. The van der Waals surface area contributed by atoms with Crippen molar-refractivity contribution in [1.82, 2.24) is 19.5 Å². The first-order valence-electron chi connectivity index (χ1n) is 10.2. The Balaban J connectivity index is 1.23. The fourth-order valence-electron chi connectivity index (χ4n) is 4.02. The van der Waals surface area contributed by atoms with Crippen molar-refractivity contribution >= 4 is 23.3 Å². The summed E-state index contributed by atoms with van der Waals surface area (Å²) in [5.74, 6) is 0.866. The van der Waals surface area contributed by atoms with Crippen LogP contribution in [0.1, 0.15) is 54.3 Å². The zero-order chi connectivity index (χ0) is 19.8. The van der Waals surface area contributed by atoms with Crippen LogP contribution in [0.5, 0.6) is 0 Å². The minimum Gasteiger partial charge on any atom is -0.445 e. The second-order valence-electron chi connectivity index (χ2n) is 7.91. The average Bonchev–Trinajstić information content (AvgIpc) is 3.51. The van der Waals surface area contributed by atoms with E-state index in [1.54, 1.807) is 9.42 Å². The van der Waals surface area contributed by atoms with Gasteiger partial charge >= 0.3 is 6.09 Å². The molecular weight excluding hydrogens is 388 g/mol. The van der Waals surface area contributed by atoms with E-state index < -0.39 is 0 Å². The third-order valence-electron chi connectivity index (χ3n) is 5.87. The topological polar surface area (TPSA) is 59.7 Å². The highest BCUT2D eigenvalue weighted by molar-refractivity contribution is 6.29. The van der Waals surface area contributed by atoms with E-state index in [1.807, 2.05) is 42.6 Å². The molecule has 7 heteroatoms. The van der Waals surface area contributed by atoms with Crippen LogP contribution in [0.2, 0.25) is 5.15 Å². The zero-order valence-corrected chi connectivity index (χ0v) is 16.9. The Hall–Kier alpha value is -2.60. The summed E-state index contributed by atoms with van der Waals surface area (Å²) in [5, 5.41) is 5.00. The SMILES string of the molecule is O=C(OCc1ccccc1)N1CCC(c2cc(Cl)n3ncc(C4CC4)c3n2)CC1. The van der Waals surface area contributed by atoms with Crippen molar-refractivity contribution < 1.29 is 9.53 Å². The first-order chi connectivity index (χ1) is 14.2. The maximum atomic E-state index is 12.4. The first-order valence-corrected chi connectivity index (χ1v) is 10.6. The first kappa shape index (κ1) is 18.4. The average molecular weight is 411 g/mol. The molecular formula is C22H23ClN4O2. The number of benzene rings is 1. The van der Waals surface area contributed by atoms with Gasteiger partial charge in [-0.25, -0.2) is 14.3 Å². The molecule has 2 aliphatic rings. The molecule has 0 N–H and O–H groups in total. The molecule has 3 heterocycles. The Morgan fingerprint density at radius 3 is 2.59 bits per heavy atom. The van der Waals surface area contributed by atoms with Gasteiger partial charge in [0.2, 0.25) is 0 Å². The van der Waals surface area contributed by atoms with Gasteiger partial charge in [0.1, 0.15) is 11.8 Å². The van der Waals surface area contributed by atoms with Crippen LogP contribution < -0.4 is 0 Å². The summed E-state index contributed by atoms with van der Waals surface area (Å²) >= 11 is 6.47. The Morgan fingerprint density at radius 2 is 1.86 bits per heavy atom. The molecule has 0 bridgehead atoms. The van der Waals surface area contributed by atoms with Gasteiger partial charge in [0.05, 0.1) is 6.20 Å². The Bertz CT molecular complexity index is 1020. The lowest BCUT2D eigenvalue weighted by Gasteiger charge is -2.31. The molecule has 6 nitrogen and oxygen atoms in total. The van der Waals surface area contributed by atoms with Gasteiger partial charge in [-0.3, -0.25) is 0 Å². The number of halogens is 1. The summed E-state index contributed by atoms with van der Waals surface area (Å²) in [6, 6.07) is 11.7. The van der Waals surface area contributed by atoms with E-state index in [4.69, 9.17) is 21.3 Å². The molecule has 0 atom stereocenters. The molecule has 1 amide bonds. The largest absolute Gasteiger partial charge is 0.445 e. The van der Waals surface area contributed by atoms with E-state index in [1.165, 1.54) is 18.4 Å². The van der Waals surface area contributed by atoms with E-state index >= 15 is 0 Å². The fraction of sp³-hybridized carbons (Fsp3) is 0.409. The van der Waals surface area contributed by atoms with Crippen molar-refractivity contribution in [3.05, 3.63) is 64.6 Å². The number of ether oxygens (including phenoxy) is 1. The maximum absolute atomic E-state index is 12.4. The fourth-order valence-corrected chi connectivity index (χ4v) is 4.26. The summed E-state index contributed by atoms with van der Waals surface area (Å²) < 4.78 is 7.19. The number of carbonyl (C=O) groups excluding carboxylic acids is 1. The van der Waals surface area contributed by atoms with Crippen LogP contribution in [-0.4, -0.2) is 38.7 Å². The monoisotopic (exact) mass is 410 g/mol. The number of likely N-dealkylation sites (tertiary alicyclic amines) is 1. The number of hydrogen-bond acceptors (Lipinski definition) is 4. The highest BCUT2D eigenvalue weighted by atomic mass is 35.5. The Labute approximate surface area is 174 Å². The summed E-state index contributed by atoms with van der Waals surface area (Å²) in [5.41, 5.74) is 4.09. The van der Waals surface area contributed by atoms with Crippen LogP contribution in [0.15, 0.2) is 42.6 Å². The number of nitrogens with zero attached hydrogens (tertiary/aromatic N) is 4. The normalized spacial score (nSPS) is 17.6. The van der Waals surface area contributed by atoms with Crippen LogP contribution in [0.3, 0.4) is 0 Å². The minimum absolute atomic E-state index is 0.249. The van der Waals surface area contributed by atoms with E-state index in [9.17, 15) is 4.79 Å². The molecule has 1 aromatic carbocycles. The lowest BCUT2D eigenvalue weighted by atomic mass is 9.93. The van der Waals surface area contributed by atoms with Crippen molar-refractivity contribution in [3.63, 3.8) is 0 Å². The zero-order valence-electron chi connectivity index (χ0n) is 16.1. The number of hydrogen-bond donors (Lipinski definition) is 0. The van der Waals surface area contributed by atoms with Gasteiger partial charge in [0.15, 0.2) is 5.65 Å². The predicted octanol–water partition coefficient (Wildman–Crippen LogP) is 4.78. The van der Waals surface area contributed by atoms with E-state index in [0.29, 0.717) is 30.8 Å². The molecule has 1 saturated carbocycles. The van der Waals surface area contributed by atoms with Gasteiger partial charge in [-0.15, -0.1) is 0 Å². The van der Waals surface area contributed by atoms with Crippen molar-refractivity contribution in [2.75, 3.05) is 13.1 Å². The second kappa shape index (κ2) is 7.67. The molecule has 1 aliphatic carbocycles. The second-order valence-corrected chi connectivity index (χ2v) is 8.30. The van der Waals surface area contributed by atoms with Crippen LogP contribution in [0.4, 0.5) is 4.79 Å². The number of carbonyl (C=O) groups is 1. The number of aromatic nitrogens is 3. The number of piperidine rings is 1. The van der Waals surface area contributed by atoms with Crippen LogP contribution in [0, 0.1) is 0 Å². The molecule has 0 unspecified atom stereocenters. The lowest BCUT2D eigenvalue weighted by molar-refractivity contribution is 0.0868. The molecule has 29 heavy (non-hydrogen) atoms. The molecule has 2 fully saturated rings. The van der Waals surface area contributed by atoms with Crippen molar-refractivity contribution in [3.8, 4) is 0 Å². The van der Waals surface area contributed by atoms with Gasteiger partial charge in [0.25, 0.3) is 0 Å². The van der Waals surface area contributed by atoms with Gasteiger partial charge in [-0.1, -0.05) is 41.9 Å². The molecule has 5 rings (SSSR count). The van der Waals surface area contributed by atoms with Gasteiger partial charge in [-0.2, -0.15) is 5.10 Å². The number of fused-ring (bicyclic) bond motifs is 1. The molecule has 0 radical (unpaired) electrons. The van der Waals surface area contributed by atoms with Crippen LogP contribution in [-0.2, 0) is 11.3 Å². The summed E-state index contributed by atoms with van der Waals surface area (Å²) in [6.07, 6.45) is 5.77. The quantitative estimate of drug-likeness (QED) is 0.581. The lowest BCUT2D eigenvalue weighted by Crippen LogP contribution is -2.38. The molecule has 150 valence electrons. The predicted molar refractivity (Wildman–Crippen MR) is 110 cm³/mol. The third-order valence-corrected chi connectivity index (χ3v) is 6.14. The highest BCUT2D eigenvalue weighted by Gasteiger charge is 2.30. The van der Waals surface area contributed by atoms with Gasteiger partial charge < -0.3 is 9.64 Å². The van der Waals surface area contributed by atoms with Gasteiger partial charge in [0, 0.05) is 30.3 Å². The summed E-state index contributed by atoms with van der Waals surface area (Å²) in [4.78, 5) is 19.1. The summed E-state index contributed by atoms with van der Waals surface area (Å²) in [6.45, 7) is 1.63. The Morgan fingerprint density at radius 1 is 1.10 bits per heavy atom. The highest BCUT2D eigenvalue weighted by Crippen LogP contribution is 2.42. The van der Waals surface area contributed by atoms with Crippen molar-refractivity contribution in [2.45, 2.75) is 44.1 Å². The Kier molecular flexibility index (Phi) is 4.87. The number of amides is 1. The minimum atomic E-state index is -0.249. The molecule has 1 saturated heterocycles. The maximum Gasteiger partial charge on any atom is 0.410 e. The van der Waals surface area contributed by atoms with Gasteiger partial charge in [-0.05, 0) is 43.2 Å². The number of rotatable bonds is 4. The molecule has 0 spiro atoms.